The Morgan fingerprint density at radius 2 is 1.95 bits per heavy atom. The molecule has 118 valence electrons. The summed E-state index contributed by atoms with van der Waals surface area (Å²) in [5.74, 6) is -2.66. The van der Waals surface area contributed by atoms with Crippen LogP contribution in [0.25, 0.3) is 0 Å². The number of alkyl halides is 3. The van der Waals surface area contributed by atoms with Gasteiger partial charge in [-0.05, 0) is 20.8 Å². The van der Waals surface area contributed by atoms with Gasteiger partial charge in [0.15, 0.2) is 0 Å². The Balaban J connectivity index is 2.83. The van der Waals surface area contributed by atoms with Gasteiger partial charge in [0.25, 0.3) is 5.91 Å². The minimum Gasteiger partial charge on any atom is -0.480 e. The lowest BCUT2D eigenvalue weighted by Crippen LogP contribution is -2.43. The Morgan fingerprint density at radius 1 is 1.38 bits per heavy atom. The van der Waals surface area contributed by atoms with Crippen LogP contribution in [0.4, 0.5) is 13.2 Å². The molecule has 0 saturated heterocycles. The SMILES string of the molecule is CC(C)(C)n1cc(C(=O)NC(CC(F)(F)F)C(=O)O)cn1. The van der Waals surface area contributed by atoms with Crippen LogP contribution in [0.15, 0.2) is 12.4 Å². The van der Waals surface area contributed by atoms with Gasteiger partial charge in [-0.15, -0.1) is 0 Å². The zero-order chi connectivity index (χ0) is 16.4. The summed E-state index contributed by atoms with van der Waals surface area (Å²) in [6, 6.07) is -2.03. The first-order valence-electron chi connectivity index (χ1n) is 6.06. The van der Waals surface area contributed by atoms with Crippen molar-refractivity contribution in [3.05, 3.63) is 18.0 Å². The van der Waals surface area contributed by atoms with Crippen LogP contribution < -0.4 is 5.32 Å². The van der Waals surface area contributed by atoms with E-state index >= 15 is 0 Å². The molecule has 1 rings (SSSR count). The van der Waals surface area contributed by atoms with Crippen LogP contribution in [-0.2, 0) is 10.3 Å². The fraction of sp³-hybridized carbons (Fsp3) is 0.583. The predicted molar refractivity (Wildman–Crippen MR) is 66.8 cm³/mol. The Hall–Kier alpha value is -2.06. The minimum absolute atomic E-state index is 0.00153. The van der Waals surface area contributed by atoms with E-state index in [1.54, 1.807) is 0 Å². The molecular weight excluding hydrogens is 291 g/mol. The molecule has 0 spiro atoms. The Kier molecular flexibility index (Phi) is 4.65. The second kappa shape index (κ2) is 5.74. The summed E-state index contributed by atoms with van der Waals surface area (Å²) >= 11 is 0. The molecule has 0 bridgehead atoms. The molecule has 0 radical (unpaired) electrons. The molecule has 9 heteroatoms. The summed E-state index contributed by atoms with van der Waals surface area (Å²) in [5.41, 5.74) is -0.408. The topological polar surface area (TPSA) is 84.2 Å². The highest BCUT2D eigenvalue weighted by molar-refractivity contribution is 5.96. The zero-order valence-corrected chi connectivity index (χ0v) is 11.7. The number of carboxylic acid groups (broad SMARTS) is 1. The predicted octanol–water partition coefficient (Wildman–Crippen LogP) is 1.77. The summed E-state index contributed by atoms with van der Waals surface area (Å²) in [6.07, 6.45) is -3.80. The first kappa shape index (κ1) is 17.0. The van der Waals surface area contributed by atoms with Crippen molar-refractivity contribution in [1.29, 1.82) is 0 Å². The van der Waals surface area contributed by atoms with Crippen LogP contribution in [0.1, 0.15) is 37.6 Å². The molecule has 0 aliphatic rings. The third kappa shape index (κ3) is 5.09. The van der Waals surface area contributed by atoms with Gasteiger partial charge in [0.05, 0.1) is 23.7 Å². The van der Waals surface area contributed by atoms with Gasteiger partial charge in [-0.1, -0.05) is 0 Å². The Bertz CT molecular complexity index is 532. The van der Waals surface area contributed by atoms with E-state index in [0.717, 1.165) is 0 Å². The molecule has 0 aromatic carbocycles. The maximum absolute atomic E-state index is 12.2. The molecule has 0 saturated carbocycles. The largest absolute Gasteiger partial charge is 0.480 e. The number of hydrogen-bond acceptors (Lipinski definition) is 3. The molecular formula is C12H16F3N3O3. The summed E-state index contributed by atoms with van der Waals surface area (Å²) in [6.45, 7) is 5.47. The van der Waals surface area contributed by atoms with E-state index in [-0.39, 0.29) is 5.56 Å². The van der Waals surface area contributed by atoms with E-state index < -0.39 is 36.1 Å². The number of aliphatic carboxylic acids is 1. The van der Waals surface area contributed by atoms with E-state index in [1.807, 2.05) is 26.1 Å². The molecule has 1 unspecified atom stereocenters. The van der Waals surface area contributed by atoms with Crippen molar-refractivity contribution in [1.82, 2.24) is 15.1 Å². The van der Waals surface area contributed by atoms with E-state index in [4.69, 9.17) is 5.11 Å². The lowest BCUT2D eigenvalue weighted by Gasteiger charge is -2.18. The molecule has 1 amide bonds. The first-order valence-corrected chi connectivity index (χ1v) is 6.06. The molecule has 0 aliphatic carbocycles. The Morgan fingerprint density at radius 3 is 2.33 bits per heavy atom. The molecule has 6 nitrogen and oxygen atoms in total. The maximum atomic E-state index is 12.2. The quantitative estimate of drug-likeness (QED) is 0.888. The first-order chi connectivity index (χ1) is 9.40. The van der Waals surface area contributed by atoms with Crippen molar-refractivity contribution >= 4 is 11.9 Å². The molecule has 2 N–H and O–H groups in total. The summed E-state index contributed by atoms with van der Waals surface area (Å²) < 4.78 is 38.2. The van der Waals surface area contributed by atoms with Gasteiger partial charge in [-0.3, -0.25) is 9.48 Å². The highest BCUT2D eigenvalue weighted by Gasteiger charge is 2.36. The van der Waals surface area contributed by atoms with Gasteiger partial charge in [0.2, 0.25) is 0 Å². The van der Waals surface area contributed by atoms with E-state index in [1.165, 1.54) is 17.1 Å². The fourth-order valence-corrected chi connectivity index (χ4v) is 1.48. The minimum atomic E-state index is -4.69. The van der Waals surface area contributed by atoms with E-state index in [2.05, 4.69) is 5.10 Å². The molecule has 1 heterocycles. The highest BCUT2D eigenvalue weighted by atomic mass is 19.4. The van der Waals surface area contributed by atoms with Gasteiger partial charge in [0, 0.05) is 6.20 Å². The van der Waals surface area contributed by atoms with Crippen molar-refractivity contribution in [3.8, 4) is 0 Å². The molecule has 1 aromatic heterocycles. The van der Waals surface area contributed by atoms with Crippen LogP contribution in [0.3, 0.4) is 0 Å². The molecule has 1 atom stereocenters. The lowest BCUT2D eigenvalue weighted by atomic mass is 10.1. The lowest BCUT2D eigenvalue weighted by molar-refractivity contribution is -0.157. The van der Waals surface area contributed by atoms with Crippen molar-refractivity contribution in [2.75, 3.05) is 0 Å². The zero-order valence-electron chi connectivity index (χ0n) is 11.7. The van der Waals surface area contributed by atoms with E-state index in [0.29, 0.717) is 0 Å². The Labute approximate surface area is 118 Å². The molecule has 1 aromatic rings. The number of carbonyl (C=O) groups is 2. The van der Waals surface area contributed by atoms with Crippen molar-refractivity contribution in [2.24, 2.45) is 0 Å². The third-order valence-electron chi connectivity index (χ3n) is 2.57. The number of halogens is 3. The van der Waals surface area contributed by atoms with E-state index in [9.17, 15) is 22.8 Å². The monoisotopic (exact) mass is 307 g/mol. The van der Waals surface area contributed by atoms with Gasteiger partial charge >= 0.3 is 12.1 Å². The van der Waals surface area contributed by atoms with Crippen molar-refractivity contribution in [2.45, 2.75) is 44.9 Å². The number of aromatic nitrogens is 2. The molecule has 0 aliphatic heterocycles. The molecule has 21 heavy (non-hydrogen) atoms. The normalized spacial score (nSPS) is 13.8. The third-order valence-corrected chi connectivity index (χ3v) is 2.57. The fourth-order valence-electron chi connectivity index (χ4n) is 1.48. The van der Waals surface area contributed by atoms with Gasteiger partial charge in [0.1, 0.15) is 6.04 Å². The summed E-state index contributed by atoms with van der Waals surface area (Å²) in [5, 5.41) is 14.5. The standard InChI is InChI=1S/C12H16F3N3O3/c1-11(2,3)18-6-7(5-16-18)9(19)17-8(10(20)21)4-12(13,14)15/h5-6,8H,4H2,1-3H3,(H,17,19)(H,20,21). The van der Waals surface area contributed by atoms with Crippen LogP contribution in [0.2, 0.25) is 0 Å². The number of rotatable bonds is 4. The summed E-state index contributed by atoms with van der Waals surface area (Å²) in [4.78, 5) is 22.6. The van der Waals surface area contributed by atoms with Crippen LogP contribution in [0.5, 0.6) is 0 Å². The van der Waals surface area contributed by atoms with Gasteiger partial charge in [-0.25, -0.2) is 4.79 Å². The van der Waals surface area contributed by atoms with Crippen LogP contribution in [-0.4, -0.2) is 39.0 Å². The van der Waals surface area contributed by atoms with Crippen molar-refractivity contribution in [3.63, 3.8) is 0 Å². The maximum Gasteiger partial charge on any atom is 0.391 e. The van der Waals surface area contributed by atoms with Crippen LogP contribution in [0, 0.1) is 0 Å². The van der Waals surface area contributed by atoms with Gasteiger partial charge in [-0.2, -0.15) is 18.3 Å². The number of amides is 1. The number of carbonyl (C=O) groups excluding carboxylic acids is 1. The van der Waals surface area contributed by atoms with Crippen molar-refractivity contribution < 1.29 is 27.9 Å². The number of carboxylic acids is 1. The number of nitrogens with zero attached hydrogens (tertiary/aromatic N) is 2. The molecule has 0 fully saturated rings. The van der Waals surface area contributed by atoms with Gasteiger partial charge < -0.3 is 10.4 Å². The average molecular weight is 307 g/mol. The average Bonchev–Trinajstić information content (AvgIpc) is 2.74. The number of hydrogen-bond donors (Lipinski definition) is 2. The smallest absolute Gasteiger partial charge is 0.391 e. The summed E-state index contributed by atoms with van der Waals surface area (Å²) in [7, 11) is 0. The number of nitrogens with one attached hydrogen (secondary N) is 1. The second-order valence-corrected chi connectivity index (χ2v) is 5.53. The van der Waals surface area contributed by atoms with Crippen LogP contribution >= 0.6 is 0 Å². The second-order valence-electron chi connectivity index (χ2n) is 5.53. The highest BCUT2D eigenvalue weighted by Crippen LogP contribution is 2.22.